The van der Waals surface area contributed by atoms with Gasteiger partial charge >= 0.3 is 0 Å². The predicted octanol–water partition coefficient (Wildman–Crippen LogP) is 3.97. The lowest BCUT2D eigenvalue weighted by Gasteiger charge is -2.10. The first kappa shape index (κ1) is 19.8. The van der Waals surface area contributed by atoms with Gasteiger partial charge in [0.25, 0.3) is 5.56 Å². The quantitative estimate of drug-likeness (QED) is 0.481. The molecular weight excluding hydrogens is 378 g/mol. The second kappa shape index (κ2) is 8.90. The van der Waals surface area contributed by atoms with Crippen molar-refractivity contribution in [3.05, 3.63) is 70.4 Å². The molecule has 4 rings (SSSR count). The predicted molar refractivity (Wildman–Crippen MR) is 117 cm³/mol. The van der Waals surface area contributed by atoms with Crippen molar-refractivity contribution in [1.29, 1.82) is 0 Å². The second-order valence-electron chi connectivity index (χ2n) is 7.17. The monoisotopic (exact) mass is 403 g/mol. The van der Waals surface area contributed by atoms with Crippen molar-refractivity contribution < 1.29 is 4.74 Å². The third-order valence-corrected chi connectivity index (χ3v) is 4.85. The number of ether oxygens (including phenoxy) is 1. The second-order valence-corrected chi connectivity index (χ2v) is 7.17. The van der Waals surface area contributed by atoms with Crippen molar-refractivity contribution >= 4 is 11.0 Å². The highest BCUT2D eigenvalue weighted by atomic mass is 16.5. The van der Waals surface area contributed by atoms with E-state index in [4.69, 9.17) is 9.72 Å². The highest BCUT2D eigenvalue weighted by Gasteiger charge is 2.18. The largest absolute Gasteiger partial charge is 0.493 e. The highest BCUT2D eigenvalue weighted by Crippen LogP contribution is 2.28. The van der Waals surface area contributed by atoms with Crippen molar-refractivity contribution in [2.45, 2.75) is 39.7 Å². The molecule has 154 valence electrons. The van der Waals surface area contributed by atoms with Gasteiger partial charge in [0.2, 0.25) is 0 Å². The van der Waals surface area contributed by atoms with Crippen LogP contribution in [0.5, 0.6) is 5.75 Å². The van der Waals surface area contributed by atoms with Crippen LogP contribution >= 0.6 is 0 Å². The smallest absolute Gasteiger partial charge is 0.279 e. The minimum atomic E-state index is -0.248. The molecule has 1 N–H and O–H groups in total. The van der Waals surface area contributed by atoms with E-state index in [2.05, 4.69) is 28.9 Å². The number of aryl methyl sites for hydroxylation is 1. The van der Waals surface area contributed by atoms with Crippen LogP contribution in [0.3, 0.4) is 0 Å². The van der Waals surface area contributed by atoms with Gasteiger partial charge in [-0.1, -0.05) is 38.5 Å². The first-order chi connectivity index (χ1) is 14.7. The fraction of sp³-hybridized carbons (Fsp3) is 0.304. The molecule has 0 saturated heterocycles. The number of H-pyrrole nitrogens is 1. The molecule has 0 fully saturated rings. The summed E-state index contributed by atoms with van der Waals surface area (Å²) in [6.45, 7) is 5.32. The highest BCUT2D eigenvalue weighted by molar-refractivity contribution is 5.79. The Labute approximate surface area is 174 Å². The zero-order chi connectivity index (χ0) is 20.9. The summed E-state index contributed by atoms with van der Waals surface area (Å²) in [4.78, 5) is 24.8. The molecule has 0 radical (unpaired) electrons. The van der Waals surface area contributed by atoms with Crippen LogP contribution in [0.15, 0.2) is 53.6 Å². The Bertz CT molecular complexity index is 1200. The number of para-hydroxylation sites is 1. The number of aromatic nitrogens is 5. The topological polar surface area (TPSA) is 85.7 Å². The molecule has 30 heavy (non-hydrogen) atoms. The minimum Gasteiger partial charge on any atom is -0.493 e. The zero-order valence-corrected chi connectivity index (χ0v) is 17.3. The van der Waals surface area contributed by atoms with Crippen LogP contribution in [0.1, 0.15) is 37.9 Å². The standard InChI is InChI=1S/C23H25N5O2/c1-3-8-18-20-21(27-28(18)15-16-9-7-12-24-14-16)23(29)26-22(25-20)17-10-5-6-11-19(17)30-13-4-2/h5-7,9-12,14H,3-4,8,13,15H2,1-2H3,(H,25,26,29). The average Bonchev–Trinajstić information content (AvgIpc) is 3.11. The number of aromatic amines is 1. The number of pyridine rings is 1. The van der Waals surface area contributed by atoms with Crippen LogP contribution in [0.4, 0.5) is 0 Å². The summed E-state index contributed by atoms with van der Waals surface area (Å²) in [5.74, 6) is 1.21. The molecular formula is C23H25N5O2. The number of rotatable bonds is 8. The Hall–Kier alpha value is -3.48. The summed E-state index contributed by atoms with van der Waals surface area (Å²) in [5, 5.41) is 4.58. The number of benzene rings is 1. The van der Waals surface area contributed by atoms with Crippen molar-refractivity contribution in [2.75, 3.05) is 6.61 Å². The van der Waals surface area contributed by atoms with Gasteiger partial charge in [0.15, 0.2) is 5.52 Å². The molecule has 0 aliphatic rings. The van der Waals surface area contributed by atoms with E-state index < -0.39 is 0 Å². The molecule has 3 aromatic heterocycles. The van der Waals surface area contributed by atoms with Crippen LogP contribution in [0.2, 0.25) is 0 Å². The van der Waals surface area contributed by atoms with Gasteiger partial charge in [0.05, 0.1) is 24.4 Å². The fourth-order valence-corrected chi connectivity index (χ4v) is 3.47. The molecule has 7 nitrogen and oxygen atoms in total. The summed E-state index contributed by atoms with van der Waals surface area (Å²) in [5.41, 5.74) is 3.51. The molecule has 0 atom stereocenters. The Balaban J connectivity index is 1.84. The van der Waals surface area contributed by atoms with Crippen LogP contribution in [-0.4, -0.2) is 31.3 Å². The third-order valence-electron chi connectivity index (χ3n) is 4.85. The molecule has 1 aromatic carbocycles. The number of nitrogens with one attached hydrogen (secondary N) is 1. The van der Waals surface area contributed by atoms with E-state index in [1.54, 1.807) is 6.20 Å². The van der Waals surface area contributed by atoms with E-state index in [1.807, 2.05) is 47.3 Å². The lowest BCUT2D eigenvalue weighted by molar-refractivity contribution is 0.318. The van der Waals surface area contributed by atoms with Gasteiger partial charge in [-0.05, 0) is 36.6 Å². The summed E-state index contributed by atoms with van der Waals surface area (Å²) < 4.78 is 7.74. The molecule has 0 bridgehead atoms. The number of fused-ring (bicyclic) bond motifs is 1. The zero-order valence-electron chi connectivity index (χ0n) is 17.3. The molecule has 0 aliphatic carbocycles. The van der Waals surface area contributed by atoms with Gasteiger partial charge in [-0.25, -0.2) is 4.98 Å². The molecule has 0 saturated carbocycles. The lowest BCUT2D eigenvalue weighted by Crippen LogP contribution is -2.10. The molecule has 0 aliphatic heterocycles. The number of hydrogen-bond acceptors (Lipinski definition) is 5. The Morgan fingerprint density at radius 1 is 1.07 bits per heavy atom. The van der Waals surface area contributed by atoms with Crippen molar-refractivity contribution in [3.63, 3.8) is 0 Å². The average molecular weight is 403 g/mol. The third kappa shape index (κ3) is 3.96. The van der Waals surface area contributed by atoms with Crippen LogP contribution < -0.4 is 10.3 Å². The van der Waals surface area contributed by atoms with E-state index in [-0.39, 0.29) is 5.56 Å². The van der Waals surface area contributed by atoms with Crippen LogP contribution in [0, 0.1) is 0 Å². The summed E-state index contributed by atoms with van der Waals surface area (Å²) in [7, 11) is 0. The van der Waals surface area contributed by atoms with Gasteiger partial charge < -0.3 is 9.72 Å². The molecule has 0 spiro atoms. The Kier molecular flexibility index (Phi) is 5.88. The maximum atomic E-state index is 12.9. The molecule has 4 aromatic rings. The van der Waals surface area contributed by atoms with Crippen molar-refractivity contribution in [3.8, 4) is 17.1 Å². The maximum absolute atomic E-state index is 12.9. The maximum Gasteiger partial charge on any atom is 0.279 e. The van der Waals surface area contributed by atoms with Crippen molar-refractivity contribution in [1.82, 2.24) is 24.7 Å². The molecule has 0 unspecified atom stereocenters. The van der Waals surface area contributed by atoms with Crippen LogP contribution in [0.25, 0.3) is 22.4 Å². The van der Waals surface area contributed by atoms with Gasteiger partial charge in [-0.3, -0.25) is 14.5 Å². The fourth-order valence-electron chi connectivity index (χ4n) is 3.47. The number of hydrogen-bond donors (Lipinski definition) is 1. The van der Waals surface area contributed by atoms with Gasteiger partial charge in [-0.15, -0.1) is 0 Å². The first-order valence-electron chi connectivity index (χ1n) is 10.3. The van der Waals surface area contributed by atoms with Gasteiger partial charge in [-0.2, -0.15) is 5.10 Å². The van der Waals surface area contributed by atoms with Crippen LogP contribution in [-0.2, 0) is 13.0 Å². The summed E-state index contributed by atoms with van der Waals surface area (Å²) in [6, 6.07) is 11.5. The number of nitrogens with zero attached hydrogens (tertiary/aromatic N) is 4. The first-order valence-corrected chi connectivity index (χ1v) is 10.3. The van der Waals surface area contributed by atoms with E-state index in [0.29, 0.717) is 35.8 Å². The molecule has 0 amide bonds. The van der Waals surface area contributed by atoms with E-state index in [9.17, 15) is 4.79 Å². The van der Waals surface area contributed by atoms with Crippen molar-refractivity contribution in [2.24, 2.45) is 0 Å². The molecule has 7 heteroatoms. The lowest BCUT2D eigenvalue weighted by atomic mass is 10.1. The summed E-state index contributed by atoms with van der Waals surface area (Å²) in [6.07, 6.45) is 6.16. The minimum absolute atomic E-state index is 0.248. The van der Waals surface area contributed by atoms with Gasteiger partial charge in [0, 0.05) is 12.4 Å². The summed E-state index contributed by atoms with van der Waals surface area (Å²) >= 11 is 0. The van der Waals surface area contributed by atoms with E-state index in [1.165, 1.54) is 0 Å². The molecule has 3 heterocycles. The van der Waals surface area contributed by atoms with Gasteiger partial charge in [0.1, 0.15) is 17.1 Å². The normalized spacial score (nSPS) is 11.1. The Morgan fingerprint density at radius 3 is 2.70 bits per heavy atom. The Morgan fingerprint density at radius 2 is 1.93 bits per heavy atom. The van der Waals surface area contributed by atoms with E-state index >= 15 is 0 Å². The SMILES string of the molecule is CCCOc1ccccc1-c1nc2c(CCC)n(Cc3cccnc3)nc2c(=O)[nH]1. The van der Waals surface area contributed by atoms with E-state index in [0.717, 1.165) is 36.1 Å².